The van der Waals surface area contributed by atoms with E-state index in [0.717, 1.165) is 12.5 Å². The van der Waals surface area contributed by atoms with E-state index in [1.54, 1.807) is 0 Å². The molecule has 0 aromatic heterocycles. The monoisotopic (exact) mass is 308 g/mol. The van der Waals surface area contributed by atoms with Gasteiger partial charge in [-0.05, 0) is 45.3 Å². The van der Waals surface area contributed by atoms with Crippen LogP contribution in [0, 0.1) is 5.92 Å². The van der Waals surface area contributed by atoms with Crippen molar-refractivity contribution in [3.05, 3.63) is 12.3 Å². The molecule has 2 aliphatic heterocycles. The van der Waals surface area contributed by atoms with Crippen molar-refractivity contribution in [3.63, 3.8) is 0 Å². The van der Waals surface area contributed by atoms with Gasteiger partial charge in [-0.2, -0.15) is 0 Å². The van der Waals surface area contributed by atoms with E-state index in [1.165, 1.54) is 77.4 Å². The van der Waals surface area contributed by atoms with Crippen molar-refractivity contribution < 1.29 is 0 Å². The topological polar surface area (TPSA) is 13.0 Å². The fourth-order valence-corrected chi connectivity index (χ4v) is 3.53. The fraction of sp³-hybridized carbons (Fsp3) is 0.889. The van der Waals surface area contributed by atoms with E-state index in [4.69, 9.17) is 0 Å². The molecule has 0 amide bonds. The zero-order valence-electron chi connectivity index (χ0n) is 15.1. The number of rotatable bonds is 7. The van der Waals surface area contributed by atoms with Crippen LogP contribution in [0.1, 0.15) is 26.7 Å². The van der Waals surface area contributed by atoms with Crippen LogP contribution in [0.2, 0.25) is 0 Å². The molecule has 2 heterocycles. The first-order valence-electron chi connectivity index (χ1n) is 9.12. The number of hydrogen-bond donors (Lipinski definition) is 0. The van der Waals surface area contributed by atoms with Gasteiger partial charge >= 0.3 is 0 Å². The predicted molar refractivity (Wildman–Crippen MR) is 95.2 cm³/mol. The van der Waals surface area contributed by atoms with Gasteiger partial charge in [-0.3, -0.25) is 0 Å². The van der Waals surface area contributed by atoms with Crippen molar-refractivity contribution in [2.75, 3.05) is 72.5 Å². The smallest absolute Gasteiger partial charge is 0.0299 e. The van der Waals surface area contributed by atoms with E-state index in [0.29, 0.717) is 0 Å². The Morgan fingerprint density at radius 1 is 1.00 bits per heavy atom. The highest BCUT2D eigenvalue weighted by Gasteiger charge is 2.23. The molecule has 0 spiro atoms. The number of allylic oxidation sites excluding steroid dienone is 1. The Balaban J connectivity index is 1.60. The van der Waals surface area contributed by atoms with Crippen molar-refractivity contribution in [3.8, 4) is 0 Å². The second-order valence-electron chi connectivity index (χ2n) is 7.18. The van der Waals surface area contributed by atoms with Gasteiger partial charge in [0.2, 0.25) is 0 Å². The Kier molecular flexibility index (Phi) is 7.19. The SMILES string of the molecule is C=C(C)N(C)CCN1CCC(CN2CCN(CC)CC2)CC1. The lowest BCUT2D eigenvalue weighted by Crippen LogP contribution is -2.48. The molecule has 0 bridgehead atoms. The minimum absolute atomic E-state index is 0.920. The Hall–Kier alpha value is -0.580. The quantitative estimate of drug-likeness (QED) is 0.711. The predicted octanol–water partition coefficient (Wildman–Crippen LogP) is 1.80. The largest absolute Gasteiger partial charge is 0.377 e. The van der Waals surface area contributed by atoms with Crippen molar-refractivity contribution in [1.29, 1.82) is 0 Å². The van der Waals surface area contributed by atoms with Gasteiger partial charge in [0.15, 0.2) is 0 Å². The molecule has 0 aliphatic carbocycles. The maximum atomic E-state index is 4.01. The molecule has 2 rings (SSSR count). The summed E-state index contributed by atoms with van der Waals surface area (Å²) in [5.74, 6) is 0.920. The van der Waals surface area contributed by atoms with Crippen LogP contribution in [0.3, 0.4) is 0 Å². The second-order valence-corrected chi connectivity index (χ2v) is 7.18. The van der Waals surface area contributed by atoms with Gasteiger partial charge in [0.1, 0.15) is 0 Å². The number of likely N-dealkylation sites (N-methyl/N-ethyl adjacent to an activating group) is 2. The van der Waals surface area contributed by atoms with E-state index < -0.39 is 0 Å². The Morgan fingerprint density at radius 3 is 2.14 bits per heavy atom. The zero-order chi connectivity index (χ0) is 15.9. The summed E-state index contributed by atoms with van der Waals surface area (Å²) in [6.45, 7) is 20.9. The summed E-state index contributed by atoms with van der Waals surface area (Å²) in [5.41, 5.74) is 1.17. The lowest BCUT2D eigenvalue weighted by molar-refractivity contribution is 0.0960. The molecule has 4 nitrogen and oxygen atoms in total. The van der Waals surface area contributed by atoms with Crippen molar-refractivity contribution in [2.24, 2.45) is 5.92 Å². The molecule has 0 aromatic carbocycles. The average Bonchev–Trinajstić information content (AvgIpc) is 2.54. The first-order valence-corrected chi connectivity index (χ1v) is 9.12. The molecule has 0 radical (unpaired) electrons. The molecule has 22 heavy (non-hydrogen) atoms. The Labute approximate surface area is 137 Å². The molecule has 128 valence electrons. The van der Waals surface area contributed by atoms with Gasteiger partial charge in [0.05, 0.1) is 0 Å². The van der Waals surface area contributed by atoms with Gasteiger partial charge in [-0.25, -0.2) is 0 Å². The third kappa shape index (κ3) is 5.56. The number of piperidine rings is 1. The maximum absolute atomic E-state index is 4.01. The van der Waals surface area contributed by atoms with E-state index >= 15 is 0 Å². The van der Waals surface area contributed by atoms with Gasteiger partial charge in [0.25, 0.3) is 0 Å². The van der Waals surface area contributed by atoms with Crippen LogP contribution in [-0.2, 0) is 0 Å². The molecular weight excluding hydrogens is 272 g/mol. The van der Waals surface area contributed by atoms with E-state index in [1.807, 2.05) is 0 Å². The van der Waals surface area contributed by atoms with Crippen LogP contribution in [0.5, 0.6) is 0 Å². The van der Waals surface area contributed by atoms with Gasteiger partial charge < -0.3 is 19.6 Å². The van der Waals surface area contributed by atoms with Crippen LogP contribution in [-0.4, -0.2) is 92.1 Å². The highest BCUT2D eigenvalue weighted by molar-refractivity contribution is 4.87. The minimum atomic E-state index is 0.920. The second kappa shape index (κ2) is 8.90. The summed E-state index contributed by atoms with van der Waals surface area (Å²) in [6, 6.07) is 0. The molecule has 0 aromatic rings. The van der Waals surface area contributed by atoms with E-state index in [2.05, 4.69) is 47.1 Å². The molecule has 0 atom stereocenters. The van der Waals surface area contributed by atoms with Crippen LogP contribution in [0.25, 0.3) is 0 Å². The lowest BCUT2D eigenvalue weighted by atomic mass is 9.96. The first-order chi connectivity index (χ1) is 10.6. The normalized spacial score (nSPS) is 22.9. The summed E-state index contributed by atoms with van der Waals surface area (Å²) >= 11 is 0. The van der Waals surface area contributed by atoms with E-state index in [-0.39, 0.29) is 0 Å². The molecular formula is C18H36N4. The summed E-state index contributed by atoms with van der Waals surface area (Å²) in [4.78, 5) is 10.2. The molecule has 0 unspecified atom stereocenters. The fourth-order valence-electron chi connectivity index (χ4n) is 3.53. The third-order valence-corrected chi connectivity index (χ3v) is 5.54. The maximum Gasteiger partial charge on any atom is 0.0299 e. The van der Waals surface area contributed by atoms with Crippen molar-refractivity contribution in [2.45, 2.75) is 26.7 Å². The standard InChI is InChI=1S/C18H36N4/c1-5-20-12-14-22(15-13-20)16-18-6-8-21(9-7-18)11-10-19(4)17(2)3/h18H,2,5-16H2,1,3-4H3. The van der Waals surface area contributed by atoms with Gasteiger partial charge in [0, 0.05) is 58.6 Å². The first kappa shape index (κ1) is 17.8. The average molecular weight is 309 g/mol. The molecule has 2 saturated heterocycles. The minimum Gasteiger partial charge on any atom is -0.377 e. The highest BCUT2D eigenvalue weighted by Crippen LogP contribution is 2.19. The summed E-state index contributed by atoms with van der Waals surface area (Å²) in [7, 11) is 2.14. The summed E-state index contributed by atoms with van der Waals surface area (Å²) in [6.07, 6.45) is 2.76. The van der Waals surface area contributed by atoms with Crippen LogP contribution in [0.15, 0.2) is 12.3 Å². The number of likely N-dealkylation sites (tertiary alicyclic amines) is 1. The Bertz CT molecular complexity index is 328. The highest BCUT2D eigenvalue weighted by atomic mass is 15.3. The van der Waals surface area contributed by atoms with Crippen LogP contribution >= 0.6 is 0 Å². The molecule has 0 saturated carbocycles. The molecule has 2 fully saturated rings. The van der Waals surface area contributed by atoms with Crippen molar-refractivity contribution in [1.82, 2.24) is 19.6 Å². The number of piperazine rings is 1. The molecule has 2 aliphatic rings. The Morgan fingerprint density at radius 2 is 1.59 bits per heavy atom. The van der Waals surface area contributed by atoms with Gasteiger partial charge in [-0.1, -0.05) is 13.5 Å². The summed E-state index contributed by atoms with van der Waals surface area (Å²) in [5, 5.41) is 0. The zero-order valence-corrected chi connectivity index (χ0v) is 15.1. The van der Waals surface area contributed by atoms with Crippen LogP contribution in [0.4, 0.5) is 0 Å². The summed E-state index contributed by atoms with van der Waals surface area (Å²) < 4.78 is 0. The van der Waals surface area contributed by atoms with Crippen molar-refractivity contribution >= 4 is 0 Å². The molecule has 0 N–H and O–H groups in total. The lowest BCUT2D eigenvalue weighted by Gasteiger charge is -2.39. The van der Waals surface area contributed by atoms with Gasteiger partial charge in [-0.15, -0.1) is 0 Å². The number of nitrogens with zero attached hydrogens (tertiary/aromatic N) is 4. The van der Waals surface area contributed by atoms with E-state index in [9.17, 15) is 0 Å². The number of hydrogen-bond acceptors (Lipinski definition) is 4. The third-order valence-electron chi connectivity index (χ3n) is 5.54. The van der Waals surface area contributed by atoms with Crippen LogP contribution < -0.4 is 0 Å². The molecule has 4 heteroatoms.